The van der Waals surface area contributed by atoms with E-state index in [2.05, 4.69) is 56.0 Å². The van der Waals surface area contributed by atoms with Gasteiger partial charge < -0.3 is 13.7 Å². The van der Waals surface area contributed by atoms with Crippen LogP contribution in [0.4, 0.5) is 0 Å². The number of unbranched alkanes of at least 4 members (excludes halogenated alkanes) is 3. The SMILES string of the molecule is CCCCCC(/C=C/C1=C(C/C=C\CCCC(=O)O[Si](C)(C)C)C(=N/OCC)/CC1)O[Si](C)(C)C. The van der Waals surface area contributed by atoms with Gasteiger partial charge in [0.05, 0.1) is 11.8 Å². The Labute approximate surface area is 217 Å². The third-order valence-corrected chi connectivity index (χ3v) is 7.29. The van der Waals surface area contributed by atoms with Crippen molar-refractivity contribution < 1.29 is 18.5 Å². The molecular formula is C28H51NO4Si2. The molecule has 0 bridgehead atoms. The summed E-state index contributed by atoms with van der Waals surface area (Å²) in [6, 6.07) is 0. The molecule has 1 unspecified atom stereocenters. The second kappa shape index (κ2) is 16.3. The molecule has 7 heteroatoms. The Balaban J connectivity index is 2.83. The zero-order valence-corrected chi connectivity index (χ0v) is 25.7. The van der Waals surface area contributed by atoms with Gasteiger partial charge in [0, 0.05) is 6.42 Å². The fraction of sp³-hybridized carbons (Fsp3) is 0.714. The summed E-state index contributed by atoms with van der Waals surface area (Å²) < 4.78 is 12.0. The molecule has 0 saturated carbocycles. The minimum Gasteiger partial charge on any atom is -0.520 e. The average molecular weight is 522 g/mol. The lowest BCUT2D eigenvalue weighted by molar-refractivity contribution is -0.135. The molecule has 1 rings (SSSR count). The van der Waals surface area contributed by atoms with Crippen molar-refractivity contribution in [2.45, 2.75) is 123 Å². The highest BCUT2D eigenvalue weighted by Gasteiger charge is 2.22. The maximum atomic E-state index is 11.9. The molecule has 0 aromatic heterocycles. The van der Waals surface area contributed by atoms with E-state index in [4.69, 9.17) is 13.7 Å². The minimum absolute atomic E-state index is 0.0661. The number of nitrogens with zero attached hydrogens (tertiary/aromatic N) is 1. The van der Waals surface area contributed by atoms with E-state index in [1.807, 2.05) is 26.6 Å². The van der Waals surface area contributed by atoms with E-state index in [0.29, 0.717) is 13.0 Å². The van der Waals surface area contributed by atoms with Crippen LogP contribution < -0.4 is 0 Å². The average Bonchev–Trinajstić information content (AvgIpc) is 3.12. The molecule has 0 radical (unpaired) electrons. The maximum absolute atomic E-state index is 11.9. The molecule has 0 N–H and O–H groups in total. The van der Waals surface area contributed by atoms with Gasteiger partial charge in [0.25, 0.3) is 5.97 Å². The van der Waals surface area contributed by atoms with Crippen molar-refractivity contribution in [3.8, 4) is 0 Å². The molecule has 0 aromatic rings. The van der Waals surface area contributed by atoms with Crippen LogP contribution in [0.15, 0.2) is 40.6 Å². The first-order valence-corrected chi connectivity index (χ1v) is 20.4. The molecule has 1 aliphatic rings. The van der Waals surface area contributed by atoms with Gasteiger partial charge in [0.15, 0.2) is 8.32 Å². The molecule has 5 nitrogen and oxygen atoms in total. The molecule has 0 aromatic carbocycles. The lowest BCUT2D eigenvalue weighted by Crippen LogP contribution is -2.31. The van der Waals surface area contributed by atoms with Crippen LogP contribution in [-0.4, -0.2) is 41.0 Å². The summed E-state index contributed by atoms with van der Waals surface area (Å²) >= 11 is 0. The van der Waals surface area contributed by atoms with Crippen molar-refractivity contribution in [1.82, 2.24) is 0 Å². The number of rotatable bonds is 17. The van der Waals surface area contributed by atoms with Gasteiger partial charge in [-0.2, -0.15) is 0 Å². The first-order chi connectivity index (χ1) is 16.4. The number of carbonyl (C=O) groups excluding carboxylic acids is 1. The molecule has 35 heavy (non-hydrogen) atoms. The summed E-state index contributed by atoms with van der Waals surface area (Å²) in [5, 5.41) is 4.40. The van der Waals surface area contributed by atoms with Crippen molar-refractivity contribution in [3.63, 3.8) is 0 Å². The lowest BCUT2D eigenvalue weighted by atomic mass is 10.0. The molecular weight excluding hydrogens is 470 g/mol. The summed E-state index contributed by atoms with van der Waals surface area (Å²) in [5.74, 6) is -0.0661. The minimum atomic E-state index is -1.79. The van der Waals surface area contributed by atoms with E-state index in [9.17, 15) is 4.79 Å². The van der Waals surface area contributed by atoms with Gasteiger partial charge >= 0.3 is 0 Å². The predicted molar refractivity (Wildman–Crippen MR) is 154 cm³/mol. The van der Waals surface area contributed by atoms with Crippen LogP contribution in [0.1, 0.15) is 78.1 Å². The molecule has 0 spiro atoms. The molecule has 1 atom stereocenters. The summed E-state index contributed by atoms with van der Waals surface area (Å²) in [6.45, 7) is 17.7. The number of carbonyl (C=O) groups is 1. The standard InChI is InChI=1S/C28H51NO4Si2/c1-9-11-14-17-25(32-34(3,4)5)22-20-24-21-23-27(29-31-10-2)26(24)18-15-12-13-16-19-28(30)33-35(6,7)8/h12,15,20,22,25H,9-11,13-14,16-19,21,23H2,1-8H3/b15-12-,22-20+,29-27+. The van der Waals surface area contributed by atoms with Gasteiger partial charge in [-0.05, 0) is 95.9 Å². The Kier molecular flexibility index (Phi) is 14.7. The molecule has 0 fully saturated rings. The highest BCUT2D eigenvalue weighted by molar-refractivity contribution is 6.71. The Morgan fingerprint density at radius 2 is 1.74 bits per heavy atom. The molecule has 0 aliphatic heterocycles. The lowest BCUT2D eigenvalue weighted by Gasteiger charge is -2.24. The monoisotopic (exact) mass is 521 g/mol. The van der Waals surface area contributed by atoms with Crippen LogP contribution in [0.2, 0.25) is 39.3 Å². The van der Waals surface area contributed by atoms with Crippen LogP contribution in [0, 0.1) is 0 Å². The second-order valence-corrected chi connectivity index (χ2v) is 20.1. The summed E-state index contributed by atoms with van der Waals surface area (Å²) in [4.78, 5) is 17.3. The molecule has 200 valence electrons. The van der Waals surface area contributed by atoms with Gasteiger partial charge in [-0.15, -0.1) is 0 Å². The van der Waals surface area contributed by atoms with Gasteiger partial charge in [-0.3, -0.25) is 4.79 Å². The highest BCUT2D eigenvalue weighted by atomic mass is 28.4. The van der Waals surface area contributed by atoms with Crippen LogP contribution in [0.3, 0.4) is 0 Å². The van der Waals surface area contributed by atoms with Crippen molar-refractivity contribution in [2.75, 3.05) is 6.61 Å². The van der Waals surface area contributed by atoms with E-state index in [1.54, 1.807) is 0 Å². The fourth-order valence-corrected chi connectivity index (χ4v) is 5.85. The van der Waals surface area contributed by atoms with Crippen molar-refractivity contribution in [1.29, 1.82) is 0 Å². The van der Waals surface area contributed by atoms with Gasteiger partial charge in [0.2, 0.25) is 8.32 Å². The van der Waals surface area contributed by atoms with Crippen LogP contribution in [0.25, 0.3) is 0 Å². The quantitative estimate of drug-likeness (QED) is 0.0835. The van der Waals surface area contributed by atoms with Gasteiger partial charge in [-0.1, -0.05) is 55.6 Å². The van der Waals surface area contributed by atoms with E-state index in [1.165, 1.54) is 30.4 Å². The third kappa shape index (κ3) is 15.3. The van der Waals surface area contributed by atoms with E-state index >= 15 is 0 Å². The van der Waals surface area contributed by atoms with Crippen LogP contribution in [0.5, 0.6) is 0 Å². The van der Waals surface area contributed by atoms with Gasteiger partial charge in [-0.25, -0.2) is 0 Å². The van der Waals surface area contributed by atoms with E-state index in [-0.39, 0.29) is 12.1 Å². The number of hydrogen-bond donors (Lipinski definition) is 0. The van der Waals surface area contributed by atoms with E-state index < -0.39 is 16.6 Å². The second-order valence-electron chi connectivity index (χ2n) is 11.2. The molecule has 1 aliphatic carbocycles. The Morgan fingerprint density at radius 3 is 2.37 bits per heavy atom. The predicted octanol–water partition coefficient (Wildman–Crippen LogP) is 8.32. The summed E-state index contributed by atoms with van der Waals surface area (Å²) in [7, 11) is -3.41. The van der Waals surface area contributed by atoms with Gasteiger partial charge in [0.1, 0.15) is 6.61 Å². The van der Waals surface area contributed by atoms with E-state index in [0.717, 1.165) is 44.2 Å². The highest BCUT2D eigenvalue weighted by Crippen LogP contribution is 2.29. The van der Waals surface area contributed by atoms with Crippen molar-refractivity contribution in [3.05, 3.63) is 35.5 Å². The fourth-order valence-electron chi connectivity index (χ4n) is 3.96. The number of hydrogen-bond acceptors (Lipinski definition) is 5. The topological polar surface area (TPSA) is 57.1 Å². The zero-order valence-electron chi connectivity index (χ0n) is 23.7. The Morgan fingerprint density at radius 1 is 1.00 bits per heavy atom. The smallest absolute Gasteiger partial charge is 0.292 e. The largest absolute Gasteiger partial charge is 0.520 e. The molecule has 0 heterocycles. The summed E-state index contributed by atoms with van der Waals surface area (Å²) in [6.07, 6.45) is 18.8. The van der Waals surface area contributed by atoms with Crippen LogP contribution >= 0.6 is 0 Å². The maximum Gasteiger partial charge on any atom is 0.292 e. The first kappa shape index (κ1) is 31.6. The summed E-state index contributed by atoms with van der Waals surface area (Å²) in [5.41, 5.74) is 3.67. The first-order valence-electron chi connectivity index (χ1n) is 13.6. The van der Waals surface area contributed by atoms with Crippen molar-refractivity contribution >= 4 is 28.3 Å². The Hall–Kier alpha value is -1.45. The third-order valence-electron chi connectivity index (χ3n) is 5.44. The number of allylic oxidation sites excluding steroid dienone is 5. The van der Waals surface area contributed by atoms with Crippen LogP contribution in [-0.2, 0) is 18.5 Å². The number of oxime groups is 1. The molecule has 0 saturated heterocycles. The Bertz CT molecular complexity index is 758. The molecule has 0 amide bonds. The zero-order chi connectivity index (χ0) is 26.3. The normalized spacial score (nSPS) is 17.2. The van der Waals surface area contributed by atoms with Crippen molar-refractivity contribution in [2.24, 2.45) is 5.16 Å².